The fourth-order valence-electron chi connectivity index (χ4n) is 4.13. The van der Waals surface area contributed by atoms with Gasteiger partial charge in [0.05, 0.1) is 0 Å². The van der Waals surface area contributed by atoms with Crippen molar-refractivity contribution in [2.45, 2.75) is 57.8 Å². The number of aromatic nitrogens is 3. The maximum Gasteiger partial charge on any atom is 0.222 e. The molecule has 1 aromatic carbocycles. The summed E-state index contributed by atoms with van der Waals surface area (Å²) in [6.45, 7) is 8.23. The molecule has 0 N–H and O–H groups in total. The molecule has 5 heteroatoms. The number of likely N-dealkylation sites (tertiary alicyclic amines) is 1. The minimum atomic E-state index is 0.156. The maximum atomic E-state index is 12.9. The van der Waals surface area contributed by atoms with Crippen LogP contribution >= 0.6 is 0 Å². The van der Waals surface area contributed by atoms with Crippen LogP contribution in [-0.2, 0) is 16.6 Å². The van der Waals surface area contributed by atoms with Crippen LogP contribution in [0.3, 0.4) is 0 Å². The van der Waals surface area contributed by atoms with Gasteiger partial charge in [-0.3, -0.25) is 9.20 Å². The molecule has 0 saturated carbocycles. The van der Waals surface area contributed by atoms with Crippen molar-refractivity contribution in [3.05, 3.63) is 65.6 Å². The van der Waals surface area contributed by atoms with E-state index in [9.17, 15) is 4.79 Å². The third-order valence-electron chi connectivity index (χ3n) is 5.93. The van der Waals surface area contributed by atoms with E-state index in [-0.39, 0.29) is 17.2 Å². The van der Waals surface area contributed by atoms with E-state index in [0.717, 1.165) is 43.8 Å². The molecular weight excluding hydrogens is 360 g/mol. The van der Waals surface area contributed by atoms with Gasteiger partial charge in [0, 0.05) is 31.6 Å². The molecule has 1 fully saturated rings. The molecule has 0 aliphatic carbocycles. The molecule has 29 heavy (non-hydrogen) atoms. The molecule has 0 radical (unpaired) electrons. The lowest BCUT2D eigenvalue weighted by atomic mass is 9.86. The first-order valence-electron chi connectivity index (χ1n) is 10.6. The molecule has 0 spiro atoms. The molecule has 4 rings (SSSR count). The molecule has 1 atom stereocenters. The first-order valence-corrected chi connectivity index (χ1v) is 10.6. The van der Waals surface area contributed by atoms with Crippen molar-refractivity contribution < 1.29 is 4.79 Å². The number of hydrogen-bond donors (Lipinski definition) is 0. The Bertz CT molecular complexity index is 984. The lowest BCUT2D eigenvalue weighted by Crippen LogP contribution is -2.39. The van der Waals surface area contributed by atoms with Gasteiger partial charge in [0.25, 0.3) is 0 Å². The number of nitrogens with zero attached hydrogens (tertiary/aromatic N) is 4. The van der Waals surface area contributed by atoms with Gasteiger partial charge in [0.2, 0.25) is 5.91 Å². The van der Waals surface area contributed by atoms with E-state index in [1.165, 1.54) is 11.1 Å². The Morgan fingerprint density at radius 3 is 2.66 bits per heavy atom. The van der Waals surface area contributed by atoms with Crippen LogP contribution in [0, 0.1) is 0 Å². The number of amides is 1. The second-order valence-corrected chi connectivity index (χ2v) is 9.11. The molecule has 1 aliphatic rings. The van der Waals surface area contributed by atoms with Crippen molar-refractivity contribution in [1.29, 1.82) is 0 Å². The quantitative estimate of drug-likeness (QED) is 0.665. The number of pyridine rings is 1. The predicted octanol–water partition coefficient (Wildman–Crippen LogP) is 4.37. The van der Waals surface area contributed by atoms with E-state index < -0.39 is 0 Å². The fourth-order valence-corrected chi connectivity index (χ4v) is 4.13. The second kappa shape index (κ2) is 7.97. The molecule has 3 heterocycles. The third kappa shape index (κ3) is 4.34. The zero-order chi connectivity index (χ0) is 20.4. The number of carbonyl (C=O) groups excluding carboxylic acids is 1. The summed E-state index contributed by atoms with van der Waals surface area (Å²) in [6, 6.07) is 14.6. The van der Waals surface area contributed by atoms with Crippen molar-refractivity contribution in [2.75, 3.05) is 13.1 Å². The number of piperidine rings is 1. The van der Waals surface area contributed by atoms with Gasteiger partial charge in [0.15, 0.2) is 5.65 Å². The summed E-state index contributed by atoms with van der Waals surface area (Å²) in [5.74, 6) is 1.45. The van der Waals surface area contributed by atoms with E-state index in [1.807, 2.05) is 29.3 Å². The van der Waals surface area contributed by atoms with Crippen LogP contribution in [0.1, 0.15) is 62.9 Å². The standard InChI is InChI=1S/C24H30N4O/c1-24(2,3)20-12-9-18(10-13-20)11-14-22(29)27-15-6-7-19(17-27)23-26-25-21-8-4-5-16-28(21)23/h4-5,8-10,12-13,16,19H,6-7,11,14-15,17H2,1-3H3/t19-/m0/s1. The van der Waals surface area contributed by atoms with Crippen LogP contribution < -0.4 is 0 Å². The van der Waals surface area contributed by atoms with Crippen molar-refractivity contribution in [3.63, 3.8) is 0 Å². The second-order valence-electron chi connectivity index (χ2n) is 9.11. The average molecular weight is 391 g/mol. The first-order chi connectivity index (χ1) is 13.9. The number of aryl methyl sites for hydroxylation is 1. The minimum absolute atomic E-state index is 0.156. The highest BCUT2D eigenvalue weighted by Crippen LogP contribution is 2.27. The van der Waals surface area contributed by atoms with Crippen molar-refractivity contribution >= 4 is 11.6 Å². The van der Waals surface area contributed by atoms with Gasteiger partial charge >= 0.3 is 0 Å². The smallest absolute Gasteiger partial charge is 0.222 e. The molecule has 0 unspecified atom stereocenters. The Morgan fingerprint density at radius 2 is 1.90 bits per heavy atom. The van der Waals surface area contributed by atoms with Gasteiger partial charge in [-0.25, -0.2) is 0 Å². The summed E-state index contributed by atoms with van der Waals surface area (Å²) < 4.78 is 2.05. The van der Waals surface area contributed by atoms with Crippen LogP contribution in [0.4, 0.5) is 0 Å². The molecule has 1 saturated heterocycles. The van der Waals surface area contributed by atoms with Crippen molar-refractivity contribution in [1.82, 2.24) is 19.5 Å². The Morgan fingerprint density at radius 1 is 1.10 bits per heavy atom. The summed E-state index contributed by atoms with van der Waals surface area (Å²) in [7, 11) is 0. The Labute approximate surface area is 172 Å². The van der Waals surface area contributed by atoms with E-state index in [1.54, 1.807) is 0 Å². The highest BCUT2D eigenvalue weighted by molar-refractivity contribution is 5.76. The lowest BCUT2D eigenvalue weighted by Gasteiger charge is -2.32. The summed E-state index contributed by atoms with van der Waals surface area (Å²) in [5.41, 5.74) is 3.57. The number of rotatable bonds is 4. The summed E-state index contributed by atoms with van der Waals surface area (Å²) in [4.78, 5) is 14.9. The van der Waals surface area contributed by atoms with Gasteiger partial charge in [-0.1, -0.05) is 51.1 Å². The Balaban J connectivity index is 1.38. The third-order valence-corrected chi connectivity index (χ3v) is 5.93. The van der Waals surface area contributed by atoms with E-state index in [2.05, 4.69) is 59.6 Å². The van der Waals surface area contributed by atoms with Crippen molar-refractivity contribution in [3.8, 4) is 0 Å². The Kier molecular flexibility index (Phi) is 5.39. The predicted molar refractivity (Wildman–Crippen MR) is 115 cm³/mol. The maximum absolute atomic E-state index is 12.9. The van der Waals surface area contributed by atoms with Gasteiger partial charge in [-0.05, 0) is 47.9 Å². The van der Waals surface area contributed by atoms with Crippen LogP contribution in [-0.4, -0.2) is 38.5 Å². The van der Waals surface area contributed by atoms with Crippen LogP contribution in [0.2, 0.25) is 0 Å². The topological polar surface area (TPSA) is 50.5 Å². The molecular formula is C24H30N4O. The number of hydrogen-bond acceptors (Lipinski definition) is 3. The molecule has 5 nitrogen and oxygen atoms in total. The van der Waals surface area contributed by atoms with E-state index in [0.29, 0.717) is 6.42 Å². The normalized spacial score (nSPS) is 17.6. The largest absolute Gasteiger partial charge is 0.342 e. The number of carbonyl (C=O) groups is 1. The van der Waals surface area contributed by atoms with Crippen LogP contribution in [0.25, 0.3) is 5.65 Å². The van der Waals surface area contributed by atoms with E-state index >= 15 is 0 Å². The fraction of sp³-hybridized carbons (Fsp3) is 0.458. The van der Waals surface area contributed by atoms with Gasteiger partial charge in [0.1, 0.15) is 5.82 Å². The first kappa shape index (κ1) is 19.6. The SMILES string of the molecule is CC(C)(C)c1ccc(CCC(=O)N2CCC[C@H](c3nnc4ccccn34)C2)cc1. The zero-order valence-electron chi connectivity index (χ0n) is 17.6. The van der Waals surface area contributed by atoms with Gasteiger partial charge < -0.3 is 4.90 Å². The summed E-state index contributed by atoms with van der Waals surface area (Å²) in [6.07, 6.45) is 5.42. The summed E-state index contributed by atoms with van der Waals surface area (Å²) in [5, 5.41) is 8.68. The average Bonchev–Trinajstić information content (AvgIpc) is 3.16. The van der Waals surface area contributed by atoms with Gasteiger partial charge in [-0.15, -0.1) is 10.2 Å². The van der Waals surface area contributed by atoms with Crippen molar-refractivity contribution in [2.24, 2.45) is 0 Å². The van der Waals surface area contributed by atoms with E-state index in [4.69, 9.17) is 0 Å². The zero-order valence-corrected chi connectivity index (χ0v) is 17.6. The highest BCUT2D eigenvalue weighted by atomic mass is 16.2. The lowest BCUT2D eigenvalue weighted by molar-refractivity contribution is -0.132. The molecule has 1 amide bonds. The molecule has 3 aromatic rings. The van der Waals surface area contributed by atoms with Crippen LogP contribution in [0.5, 0.6) is 0 Å². The molecule has 152 valence electrons. The molecule has 0 bridgehead atoms. The number of benzene rings is 1. The monoisotopic (exact) mass is 390 g/mol. The number of fused-ring (bicyclic) bond motifs is 1. The molecule has 1 aliphatic heterocycles. The molecule has 2 aromatic heterocycles. The minimum Gasteiger partial charge on any atom is -0.342 e. The summed E-state index contributed by atoms with van der Waals surface area (Å²) >= 11 is 0. The van der Waals surface area contributed by atoms with Crippen LogP contribution in [0.15, 0.2) is 48.7 Å². The Hall–Kier alpha value is -2.69. The highest BCUT2D eigenvalue weighted by Gasteiger charge is 2.27. The van der Waals surface area contributed by atoms with Gasteiger partial charge in [-0.2, -0.15) is 0 Å².